The van der Waals surface area contributed by atoms with Crippen LogP contribution in [0.3, 0.4) is 0 Å². The van der Waals surface area contributed by atoms with Crippen LogP contribution in [-0.4, -0.2) is 43.4 Å². The molecule has 0 radical (unpaired) electrons. The fraction of sp³-hybridized carbons (Fsp3) is 0.367. The van der Waals surface area contributed by atoms with Gasteiger partial charge in [-0.05, 0) is 56.0 Å². The average molecular weight is 466 g/mol. The Bertz CT molecular complexity index is 1080. The van der Waals surface area contributed by atoms with Gasteiger partial charge in [0, 0.05) is 31.6 Å². The Kier molecular flexibility index (Phi) is 7.20. The van der Waals surface area contributed by atoms with Crippen molar-refractivity contribution < 1.29 is 0 Å². The molecular formula is C30H35N5. The van der Waals surface area contributed by atoms with Crippen LogP contribution in [0.5, 0.6) is 0 Å². The Morgan fingerprint density at radius 1 is 0.857 bits per heavy atom. The lowest BCUT2D eigenvalue weighted by Gasteiger charge is -2.41. The SMILES string of the molecule is CCN1c2ccccc2N(C2CCN(CCC(c3ccccc3)c3ccccc3)CC2)C1NC#N. The van der Waals surface area contributed by atoms with Crippen LogP contribution in [0.1, 0.15) is 43.2 Å². The van der Waals surface area contributed by atoms with Crippen LogP contribution in [0, 0.1) is 11.5 Å². The molecule has 180 valence electrons. The van der Waals surface area contributed by atoms with E-state index in [1.54, 1.807) is 0 Å². The molecule has 5 rings (SSSR count). The van der Waals surface area contributed by atoms with E-state index in [9.17, 15) is 5.26 Å². The minimum absolute atomic E-state index is 0.0977. The summed E-state index contributed by atoms with van der Waals surface area (Å²) < 4.78 is 0. The largest absolute Gasteiger partial charge is 0.332 e. The van der Waals surface area contributed by atoms with Crippen molar-refractivity contribution in [2.45, 2.75) is 44.4 Å². The molecule has 3 aromatic rings. The third-order valence-electron chi connectivity index (χ3n) is 7.65. The van der Waals surface area contributed by atoms with Gasteiger partial charge in [0.2, 0.25) is 0 Å². The summed E-state index contributed by atoms with van der Waals surface area (Å²) in [6, 6.07) is 30.8. The van der Waals surface area contributed by atoms with Gasteiger partial charge >= 0.3 is 0 Å². The molecule has 2 aliphatic rings. The highest BCUT2D eigenvalue weighted by atomic mass is 15.5. The zero-order chi connectivity index (χ0) is 24.0. The highest BCUT2D eigenvalue weighted by molar-refractivity contribution is 5.78. The van der Waals surface area contributed by atoms with Gasteiger partial charge in [-0.25, -0.2) is 0 Å². The number of anilines is 2. The summed E-state index contributed by atoms with van der Waals surface area (Å²) in [5.41, 5.74) is 5.26. The van der Waals surface area contributed by atoms with Crippen molar-refractivity contribution in [1.82, 2.24) is 10.2 Å². The minimum atomic E-state index is -0.0977. The van der Waals surface area contributed by atoms with E-state index in [4.69, 9.17) is 0 Å². The van der Waals surface area contributed by atoms with E-state index in [1.807, 2.05) is 0 Å². The van der Waals surface area contributed by atoms with Crippen LogP contribution in [0.2, 0.25) is 0 Å². The molecule has 0 aliphatic carbocycles. The number of piperidine rings is 1. The Hall–Kier alpha value is -3.49. The van der Waals surface area contributed by atoms with E-state index in [-0.39, 0.29) is 6.29 Å². The average Bonchev–Trinajstić information content (AvgIpc) is 3.23. The van der Waals surface area contributed by atoms with Crippen molar-refractivity contribution in [2.75, 3.05) is 36.0 Å². The summed E-state index contributed by atoms with van der Waals surface area (Å²) in [5.74, 6) is 0.419. The van der Waals surface area contributed by atoms with E-state index >= 15 is 0 Å². The second kappa shape index (κ2) is 10.8. The van der Waals surface area contributed by atoms with Crippen LogP contribution in [-0.2, 0) is 0 Å². The number of fused-ring (bicyclic) bond motifs is 1. The fourth-order valence-corrected chi connectivity index (χ4v) is 5.91. The Labute approximate surface area is 209 Å². The molecule has 0 saturated carbocycles. The molecule has 2 aliphatic heterocycles. The molecule has 1 saturated heterocycles. The molecule has 35 heavy (non-hydrogen) atoms. The Morgan fingerprint density at radius 2 is 1.43 bits per heavy atom. The zero-order valence-corrected chi connectivity index (χ0v) is 20.6. The first-order valence-corrected chi connectivity index (χ1v) is 12.9. The Balaban J connectivity index is 1.25. The van der Waals surface area contributed by atoms with Gasteiger partial charge in [-0.2, -0.15) is 5.26 Å². The number of likely N-dealkylation sites (tertiary alicyclic amines) is 1. The molecule has 3 aromatic carbocycles. The van der Waals surface area contributed by atoms with Crippen LogP contribution in [0.15, 0.2) is 84.9 Å². The van der Waals surface area contributed by atoms with Crippen LogP contribution in [0.4, 0.5) is 11.4 Å². The van der Waals surface area contributed by atoms with Crippen LogP contribution >= 0.6 is 0 Å². The van der Waals surface area contributed by atoms with Crippen LogP contribution < -0.4 is 15.1 Å². The van der Waals surface area contributed by atoms with E-state index in [0.29, 0.717) is 12.0 Å². The normalized spacial score (nSPS) is 18.5. The Morgan fingerprint density at radius 3 is 2.00 bits per heavy atom. The monoisotopic (exact) mass is 465 g/mol. The van der Waals surface area contributed by atoms with Crippen molar-refractivity contribution in [2.24, 2.45) is 0 Å². The van der Waals surface area contributed by atoms with E-state index < -0.39 is 0 Å². The standard InChI is InChI=1S/C30H35N5/c1-2-34-28-15-9-10-16-29(28)35(30(34)32-23-31)26-17-20-33(21-18-26)22-19-27(24-11-5-3-6-12-24)25-13-7-4-8-14-25/h3-16,26-27,30,32H,2,17-22H2,1H3. The second-order valence-electron chi connectivity index (χ2n) is 9.55. The molecule has 1 unspecified atom stereocenters. The first kappa shape index (κ1) is 23.3. The summed E-state index contributed by atoms with van der Waals surface area (Å²) >= 11 is 0. The fourth-order valence-electron chi connectivity index (χ4n) is 5.91. The van der Waals surface area contributed by atoms with Gasteiger partial charge in [-0.3, -0.25) is 5.32 Å². The van der Waals surface area contributed by atoms with Gasteiger partial charge < -0.3 is 14.7 Å². The maximum atomic E-state index is 9.46. The van der Waals surface area contributed by atoms with Crippen LogP contribution in [0.25, 0.3) is 0 Å². The number of benzene rings is 3. The predicted octanol–water partition coefficient (Wildman–Crippen LogP) is 5.37. The first-order chi connectivity index (χ1) is 17.3. The third kappa shape index (κ3) is 4.85. The summed E-state index contributed by atoms with van der Waals surface area (Å²) in [6.45, 7) is 6.30. The molecule has 1 atom stereocenters. The van der Waals surface area contributed by atoms with Crippen molar-refractivity contribution in [3.8, 4) is 6.19 Å². The molecule has 1 N–H and O–H groups in total. The molecule has 0 amide bonds. The van der Waals surface area contributed by atoms with E-state index in [1.165, 1.54) is 22.5 Å². The molecule has 5 heteroatoms. The zero-order valence-electron chi connectivity index (χ0n) is 20.6. The maximum absolute atomic E-state index is 9.46. The molecular weight excluding hydrogens is 430 g/mol. The van der Waals surface area contributed by atoms with Gasteiger partial charge in [-0.1, -0.05) is 72.8 Å². The molecule has 0 bridgehead atoms. The third-order valence-corrected chi connectivity index (χ3v) is 7.65. The second-order valence-corrected chi connectivity index (χ2v) is 9.55. The molecule has 5 nitrogen and oxygen atoms in total. The topological polar surface area (TPSA) is 45.5 Å². The minimum Gasteiger partial charge on any atom is -0.332 e. The predicted molar refractivity (Wildman–Crippen MR) is 143 cm³/mol. The lowest BCUT2D eigenvalue weighted by Crippen LogP contribution is -2.57. The van der Waals surface area contributed by atoms with Gasteiger partial charge in [0.05, 0.1) is 11.4 Å². The number of nitriles is 1. The van der Waals surface area contributed by atoms with Gasteiger partial charge in [0.25, 0.3) is 0 Å². The van der Waals surface area contributed by atoms with Gasteiger partial charge in [0.15, 0.2) is 12.5 Å². The smallest absolute Gasteiger partial charge is 0.187 e. The summed E-state index contributed by atoms with van der Waals surface area (Å²) in [7, 11) is 0. The van der Waals surface area contributed by atoms with E-state index in [0.717, 1.165) is 45.4 Å². The highest BCUT2D eigenvalue weighted by Gasteiger charge is 2.39. The molecule has 0 spiro atoms. The quantitative estimate of drug-likeness (QED) is 0.358. The summed E-state index contributed by atoms with van der Waals surface area (Å²) in [4.78, 5) is 7.38. The number of para-hydroxylation sites is 2. The highest BCUT2D eigenvalue weighted by Crippen LogP contribution is 2.41. The van der Waals surface area contributed by atoms with Gasteiger partial charge in [-0.15, -0.1) is 0 Å². The maximum Gasteiger partial charge on any atom is 0.187 e. The number of hydrogen-bond acceptors (Lipinski definition) is 5. The number of nitrogens with zero attached hydrogens (tertiary/aromatic N) is 4. The van der Waals surface area contributed by atoms with Crippen molar-refractivity contribution >= 4 is 11.4 Å². The number of nitrogens with one attached hydrogen (secondary N) is 1. The molecule has 2 heterocycles. The van der Waals surface area contributed by atoms with Crippen molar-refractivity contribution in [3.63, 3.8) is 0 Å². The van der Waals surface area contributed by atoms with Crippen molar-refractivity contribution in [3.05, 3.63) is 96.1 Å². The molecule has 0 aromatic heterocycles. The summed E-state index contributed by atoms with van der Waals surface area (Å²) in [5, 5.41) is 12.5. The van der Waals surface area contributed by atoms with E-state index in [2.05, 4.69) is 118 Å². The number of hydrogen-bond donors (Lipinski definition) is 1. The molecule has 1 fully saturated rings. The lowest BCUT2D eigenvalue weighted by atomic mass is 9.88. The summed E-state index contributed by atoms with van der Waals surface area (Å²) in [6.07, 6.45) is 5.44. The van der Waals surface area contributed by atoms with Gasteiger partial charge in [0.1, 0.15) is 0 Å². The lowest BCUT2D eigenvalue weighted by molar-refractivity contribution is 0.200. The number of rotatable bonds is 8. The first-order valence-electron chi connectivity index (χ1n) is 12.9. The van der Waals surface area contributed by atoms with Crippen molar-refractivity contribution in [1.29, 1.82) is 5.26 Å².